The second-order valence-corrected chi connectivity index (χ2v) is 10.9. The zero-order chi connectivity index (χ0) is 16.6. The van der Waals surface area contributed by atoms with Crippen molar-refractivity contribution >= 4 is 22.4 Å². The third kappa shape index (κ3) is 2.34. The summed E-state index contributed by atoms with van der Waals surface area (Å²) in [6, 6.07) is 0. The molecule has 0 spiro atoms. The molecular formula is C20H27N3OS. The molecule has 4 nitrogen and oxygen atoms in total. The standard InChI is InChI=1S/C20H27N3OS/c24-17(16-7-11-1-2-15(16)6-11)21-19-23-22-18(25-19)20-8-12-3-13(9-20)5-14(4-12)10-20/h11-16H,1-10H2,(H,21,23,24). The van der Waals surface area contributed by atoms with Crippen LogP contribution >= 0.6 is 11.3 Å². The Hall–Kier alpha value is -0.970. The maximum atomic E-state index is 12.7. The van der Waals surface area contributed by atoms with Crippen molar-refractivity contribution in [1.29, 1.82) is 0 Å². The Kier molecular flexibility index (Phi) is 3.19. The second-order valence-electron chi connectivity index (χ2n) is 9.88. The van der Waals surface area contributed by atoms with Crippen LogP contribution in [0.15, 0.2) is 0 Å². The summed E-state index contributed by atoms with van der Waals surface area (Å²) in [5.41, 5.74) is 0.293. The highest BCUT2D eigenvalue weighted by atomic mass is 32.1. The van der Waals surface area contributed by atoms with E-state index >= 15 is 0 Å². The minimum absolute atomic E-state index is 0.209. The summed E-state index contributed by atoms with van der Waals surface area (Å²) in [5, 5.41) is 14.1. The van der Waals surface area contributed by atoms with Crippen molar-refractivity contribution in [3.63, 3.8) is 0 Å². The van der Waals surface area contributed by atoms with E-state index in [1.165, 1.54) is 62.8 Å². The highest BCUT2D eigenvalue weighted by molar-refractivity contribution is 7.15. The molecular weight excluding hydrogens is 330 g/mol. The van der Waals surface area contributed by atoms with Gasteiger partial charge in [-0.25, -0.2) is 0 Å². The molecule has 6 aliphatic rings. The third-order valence-corrected chi connectivity index (χ3v) is 9.31. The molecule has 0 aliphatic heterocycles. The van der Waals surface area contributed by atoms with Crippen LogP contribution in [-0.4, -0.2) is 16.1 Å². The molecule has 7 rings (SSSR count). The van der Waals surface area contributed by atoms with E-state index in [1.54, 1.807) is 11.3 Å². The van der Waals surface area contributed by atoms with E-state index < -0.39 is 0 Å². The summed E-state index contributed by atoms with van der Waals surface area (Å²) in [6.07, 6.45) is 13.2. The molecule has 1 N–H and O–H groups in total. The summed E-state index contributed by atoms with van der Waals surface area (Å²) < 4.78 is 0. The SMILES string of the molecule is O=C(Nc1nnc(C23CC4CC(CC(C4)C2)C3)s1)C1CC2CCC1C2. The monoisotopic (exact) mass is 357 g/mol. The van der Waals surface area contributed by atoms with Gasteiger partial charge in [-0.15, -0.1) is 10.2 Å². The summed E-state index contributed by atoms with van der Waals surface area (Å²) in [4.78, 5) is 12.7. The second kappa shape index (κ2) is 5.28. The number of fused-ring (bicyclic) bond motifs is 2. The molecule has 1 amide bonds. The molecule has 0 aromatic carbocycles. The Bertz CT molecular complexity index is 678. The Morgan fingerprint density at radius 2 is 1.64 bits per heavy atom. The van der Waals surface area contributed by atoms with Crippen molar-refractivity contribution in [2.24, 2.45) is 35.5 Å². The highest BCUT2D eigenvalue weighted by Gasteiger charge is 2.53. The van der Waals surface area contributed by atoms with E-state index in [1.807, 2.05) is 0 Å². The van der Waals surface area contributed by atoms with E-state index in [2.05, 4.69) is 15.5 Å². The number of nitrogens with zero attached hydrogens (tertiary/aromatic N) is 2. The smallest absolute Gasteiger partial charge is 0.229 e. The van der Waals surface area contributed by atoms with Crippen molar-refractivity contribution in [1.82, 2.24) is 10.2 Å². The molecule has 1 aromatic heterocycles. The average molecular weight is 358 g/mol. The fourth-order valence-corrected chi connectivity index (χ4v) is 8.59. The first-order valence-electron chi connectivity index (χ1n) is 10.3. The van der Waals surface area contributed by atoms with Gasteiger partial charge in [0.15, 0.2) is 0 Å². The Morgan fingerprint density at radius 3 is 2.24 bits per heavy atom. The zero-order valence-corrected chi connectivity index (χ0v) is 15.6. The molecule has 1 heterocycles. The Morgan fingerprint density at radius 1 is 0.920 bits per heavy atom. The van der Waals surface area contributed by atoms with Crippen LogP contribution in [0.1, 0.15) is 69.2 Å². The van der Waals surface area contributed by atoms with Crippen molar-refractivity contribution in [2.45, 2.75) is 69.6 Å². The first kappa shape index (κ1) is 15.1. The number of hydrogen-bond donors (Lipinski definition) is 1. The largest absolute Gasteiger partial charge is 0.300 e. The van der Waals surface area contributed by atoms with Crippen molar-refractivity contribution in [3.05, 3.63) is 5.01 Å². The van der Waals surface area contributed by atoms with Gasteiger partial charge in [0.25, 0.3) is 0 Å². The van der Waals surface area contributed by atoms with Crippen LogP contribution in [0.4, 0.5) is 5.13 Å². The number of rotatable bonds is 3. The molecule has 6 fully saturated rings. The maximum absolute atomic E-state index is 12.7. The topological polar surface area (TPSA) is 54.9 Å². The number of carbonyl (C=O) groups excluding carboxylic acids is 1. The molecule has 1 aromatic rings. The summed E-state index contributed by atoms with van der Waals surface area (Å²) >= 11 is 1.67. The molecule has 6 bridgehead atoms. The number of carbonyl (C=O) groups is 1. The van der Waals surface area contributed by atoms with Crippen LogP contribution in [0.2, 0.25) is 0 Å². The quantitative estimate of drug-likeness (QED) is 0.873. The van der Waals surface area contributed by atoms with Gasteiger partial charge in [0, 0.05) is 11.3 Å². The van der Waals surface area contributed by atoms with E-state index in [9.17, 15) is 4.79 Å². The van der Waals surface area contributed by atoms with Gasteiger partial charge in [0.1, 0.15) is 5.01 Å². The van der Waals surface area contributed by atoms with E-state index in [0.717, 1.165) is 35.2 Å². The minimum Gasteiger partial charge on any atom is -0.300 e. The molecule has 0 radical (unpaired) electrons. The van der Waals surface area contributed by atoms with Crippen LogP contribution < -0.4 is 5.32 Å². The van der Waals surface area contributed by atoms with Gasteiger partial charge in [0.05, 0.1) is 0 Å². The number of hydrogen-bond acceptors (Lipinski definition) is 4. The number of aromatic nitrogens is 2. The molecule has 25 heavy (non-hydrogen) atoms. The lowest BCUT2D eigenvalue weighted by atomic mass is 9.50. The lowest BCUT2D eigenvalue weighted by molar-refractivity contribution is -0.121. The zero-order valence-electron chi connectivity index (χ0n) is 14.7. The summed E-state index contributed by atoms with van der Waals surface area (Å²) in [7, 11) is 0. The van der Waals surface area contributed by atoms with Gasteiger partial charge >= 0.3 is 0 Å². The van der Waals surface area contributed by atoms with Gasteiger partial charge in [-0.1, -0.05) is 17.8 Å². The van der Waals surface area contributed by atoms with Gasteiger partial charge in [-0.3, -0.25) is 4.79 Å². The normalized spacial score (nSPS) is 46.7. The molecule has 6 saturated carbocycles. The summed E-state index contributed by atoms with van der Waals surface area (Å²) in [6.45, 7) is 0. The van der Waals surface area contributed by atoms with Gasteiger partial charge in [-0.05, 0) is 87.4 Å². The van der Waals surface area contributed by atoms with Gasteiger partial charge in [-0.2, -0.15) is 0 Å². The van der Waals surface area contributed by atoms with E-state index in [0.29, 0.717) is 11.3 Å². The van der Waals surface area contributed by atoms with Crippen LogP contribution in [0, 0.1) is 35.5 Å². The third-order valence-electron chi connectivity index (χ3n) is 8.22. The number of anilines is 1. The van der Waals surface area contributed by atoms with Crippen LogP contribution in [0.3, 0.4) is 0 Å². The molecule has 5 heteroatoms. The van der Waals surface area contributed by atoms with Crippen molar-refractivity contribution in [2.75, 3.05) is 5.32 Å². The lowest BCUT2D eigenvalue weighted by Gasteiger charge is -2.55. The van der Waals surface area contributed by atoms with E-state index in [4.69, 9.17) is 0 Å². The van der Waals surface area contributed by atoms with Crippen LogP contribution in [-0.2, 0) is 10.2 Å². The van der Waals surface area contributed by atoms with Gasteiger partial charge < -0.3 is 5.32 Å². The fourth-order valence-electron chi connectivity index (χ4n) is 7.62. The first-order valence-corrected chi connectivity index (χ1v) is 11.1. The van der Waals surface area contributed by atoms with Crippen molar-refractivity contribution in [3.8, 4) is 0 Å². The Labute approximate surface area is 153 Å². The maximum Gasteiger partial charge on any atom is 0.229 e. The van der Waals surface area contributed by atoms with Gasteiger partial charge in [0.2, 0.25) is 11.0 Å². The average Bonchev–Trinajstić information content (AvgIpc) is 3.30. The fraction of sp³-hybridized carbons (Fsp3) is 0.850. The highest BCUT2D eigenvalue weighted by Crippen LogP contribution is 2.61. The Balaban J connectivity index is 1.20. The first-order chi connectivity index (χ1) is 12.2. The number of amides is 1. The summed E-state index contributed by atoms with van der Waals surface area (Å²) in [5.74, 6) is 4.62. The minimum atomic E-state index is 0.209. The van der Waals surface area contributed by atoms with E-state index in [-0.39, 0.29) is 11.8 Å². The predicted octanol–water partition coefficient (Wildman–Crippen LogP) is 4.38. The number of nitrogens with one attached hydrogen (secondary N) is 1. The lowest BCUT2D eigenvalue weighted by Crippen LogP contribution is -2.48. The predicted molar refractivity (Wildman–Crippen MR) is 97.3 cm³/mol. The molecule has 134 valence electrons. The molecule has 3 unspecified atom stereocenters. The molecule has 6 aliphatic carbocycles. The molecule has 0 saturated heterocycles. The van der Waals surface area contributed by atoms with Crippen LogP contribution in [0.5, 0.6) is 0 Å². The van der Waals surface area contributed by atoms with Crippen LogP contribution in [0.25, 0.3) is 0 Å². The van der Waals surface area contributed by atoms with Crippen molar-refractivity contribution < 1.29 is 4.79 Å². The molecule has 3 atom stereocenters.